The molecule has 3 amide bonds. The molecular formula is C20H17Cl6N4O4P. The predicted molar refractivity (Wildman–Crippen MR) is 144 cm³/mol. The van der Waals surface area contributed by atoms with Crippen LogP contribution in [0.3, 0.4) is 0 Å². The van der Waals surface area contributed by atoms with Crippen LogP contribution in [0, 0.1) is 0 Å². The summed E-state index contributed by atoms with van der Waals surface area (Å²) in [5.74, 6) is -0.510. The van der Waals surface area contributed by atoms with Crippen molar-refractivity contribution < 1.29 is 18.9 Å². The van der Waals surface area contributed by atoms with Crippen molar-refractivity contribution in [2.24, 2.45) is 4.99 Å². The highest BCUT2D eigenvalue weighted by atomic mass is 36.0. The molecule has 0 saturated heterocycles. The number of likely N-dealkylation sites (N-methyl/N-ethyl adjacent to an activating group) is 2. The topological polar surface area (TPSA) is 99.2 Å². The highest BCUT2D eigenvalue weighted by Gasteiger charge is 2.23. The molecule has 0 fully saturated rings. The first kappa shape index (κ1) is 29.7. The molecule has 0 unspecified atom stereocenters. The molecular weight excluding hydrogens is 604 g/mol. The molecule has 0 bridgehead atoms. The number of nitrogens with one attached hydrogen (secondary N) is 1. The molecule has 8 nitrogen and oxygen atoms in total. The van der Waals surface area contributed by atoms with E-state index in [9.17, 15) is 18.9 Å². The van der Waals surface area contributed by atoms with Crippen LogP contribution < -0.4 is 15.1 Å². The van der Waals surface area contributed by atoms with Gasteiger partial charge in [0.2, 0.25) is 11.8 Å². The first-order valence-corrected chi connectivity index (χ1v) is 15.0. The minimum atomic E-state index is -3.22. The molecule has 2 heterocycles. The highest BCUT2D eigenvalue weighted by molar-refractivity contribution is 8.24. The maximum atomic E-state index is 11.6. The predicted octanol–water partition coefficient (Wildman–Crippen LogP) is 6.16. The molecule has 35 heavy (non-hydrogen) atoms. The minimum absolute atomic E-state index is 0.0155. The van der Waals surface area contributed by atoms with E-state index in [-0.39, 0.29) is 30.8 Å². The van der Waals surface area contributed by atoms with Gasteiger partial charge in [0.15, 0.2) is 0 Å². The largest absolute Gasteiger partial charge is 0.343 e. The lowest BCUT2D eigenvalue weighted by Gasteiger charge is -2.16. The summed E-state index contributed by atoms with van der Waals surface area (Å²) in [7, 11) is 3.33. The summed E-state index contributed by atoms with van der Waals surface area (Å²) >= 11 is 31.5. The minimum Gasteiger partial charge on any atom is -0.343 e. The van der Waals surface area contributed by atoms with Crippen LogP contribution in [-0.2, 0) is 14.2 Å². The number of rotatable bonds is 0. The molecule has 2 aliphatic rings. The third-order valence-corrected chi connectivity index (χ3v) is 5.40. The number of benzene rings is 2. The zero-order valence-electron chi connectivity index (χ0n) is 18.1. The van der Waals surface area contributed by atoms with E-state index < -0.39 is 5.20 Å². The SMILES string of the molecule is CN1C(=O)CN=C(Cl)c2cc(Cl)ccc21.CN1C(=O)CNC(=O)c2cc(Cl)ccc21.O=P(Cl)(Cl)Cl. The van der Waals surface area contributed by atoms with Gasteiger partial charge < -0.3 is 15.1 Å². The number of anilines is 2. The van der Waals surface area contributed by atoms with Gasteiger partial charge in [-0.15, -0.1) is 0 Å². The lowest BCUT2D eigenvalue weighted by atomic mass is 10.1. The van der Waals surface area contributed by atoms with E-state index in [1.165, 1.54) is 9.80 Å². The van der Waals surface area contributed by atoms with E-state index in [4.69, 9.17) is 34.8 Å². The van der Waals surface area contributed by atoms with Gasteiger partial charge in [0.1, 0.15) is 11.7 Å². The number of aliphatic imine (C=N–C) groups is 1. The molecule has 2 aliphatic heterocycles. The number of carbonyl (C=O) groups is 3. The Bertz CT molecular complexity index is 1220. The molecule has 4 rings (SSSR count). The van der Waals surface area contributed by atoms with Crippen LogP contribution in [0.2, 0.25) is 10.0 Å². The Hall–Kier alpha value is -1.51. The molecule has 2 aromatic carbocycles. The summed E-state index contributed by atoms with van der Waals surface area (Å²) in [4.78, 5) is 41.6. The molecule has 15 heteroatoms. The van der Waals surface area contributed by atoms with Gasteiger partial charge in [-0.1, -0.05) is 34.8 Å². The van der Waals surface area contributed by atoms with Crippen LogP contribution in [0.5, 0.6) is 0 Å². The summed E-state index contributed by atoms with van der Waals surface area (Å²) in [5, 5.41) is 0.674. The number of carbonyl (C=O) groups excluding carboxylic acids is 3. The summed E-state index contributed by atoms with van der Waals surface area (Å²) in [5.41, 5.74) is 2.43. The van der Waals surface area contributed by atoms with Gasteiger partial charge in [0.25, 0.3) is 5.91 Å². The van der Waals surface area contributed by atoms with E-state index in [0.717, 1.165) is 5.69 Å². The first-order valence-electron chi connectivity index (χ1n) is 9.48. The summed E-state index contributed by atoms with van der Waals surface area (Å²) < 4.78 is 9.51. The maximum Gasteiger partial charge on any atom is 0.339 e. The van der Waals surface area contributed by atoms with Gasteiger partial charge in [0, 0.05) is 29.7 Å². The Morgan fingerprint density at radius 3 is 1.83 bits per heavy atom. The fourth-order valence-corrected chi connectivity index (χ4v) is 3.47. The van der Waals surface area contributed by atoms with Gasteiger partial charge in [-0.05, 0) is 70.1 Å². The van der Waals surface area contributed by atoms with Crippen molar-refractivity contribution in [2.75, 3.05) is 37.0 Å². The van der Waals surface area contributed by atoms with E-state index in [0.29, 0.717) is 32.0 Å². The van der Waals surface area contributed by atoms with E-state index >= 15 is 0 Å². The first-order chi connectivity index (χ1) is 16.2. The van der Waals surface area contributed by atoms with Crippen molar-refractivity contribution in [3.05, 3.63) is 57.6 Å². The molecule has 0 atom stereocenters. The van der Waals surface area contributed by atoms with Crippen molar-refractivity contribution in [1.29, 1.82) is 0 Å². The van der Waals surface area contributed by atoms with Gasteiger partial charge >= 0.3 is 5.20 Å². The number of halogens is 6. The van der Waals surface area contributed by atoms with Crippen LogP contribution >= 0.6 is 73.7 Å². The zero-order chi connectivity index (χ0) is 26.5. The number of amides is 3. The monoisotopic (exact) mass is 618 g/mol. The lowest BCUT2D eigenvalue weighted by molar-refractivity contribution is -0.117. The zero-order valence-corrected chi connectivity index (χ0v) is 23.5. The third kappa shape index (κ3) is 8.83. The summed E-state index contributed by atoms with van der Waals surface area (Å²) in [6, 6.07) is 10.1. The quantitative estimate of drug-likeness (QED) is 0.357. The molecule has 0 saturated carbocycles. The van der Waals surface area contributed by atoms with Crippen LogP contribution in [0.4, 0.5) is 11.4 Å². The van der Waals surface area contributed by atoms with Crippen molar-refractivity contribution in [3.63, 3.8) is 0 Å². The second-order valence-electron chi connectivity index (χ2n) is 6.92. The molecule has 2 aromatic rings. The van der Waals surface area contributed by atoms with E-state index in [1.807, 2.05) is 0 Å². The van der Waals surface area contributed by atoms with Crippen molar-refractivity contribution in [3.8, 4) is 0 Å². The molecule has 0 aromatic heterocycles. The normalized spacial score (nSPS) is 15.2. The molecule has 0 spiro atoms. The smallest absolute Gasteiger partial charge is 0.339 e. The number of hydrogen-bond donors (Lipinski definition) is 1. The van der Waals surface area contributed by atoms with Crippen LogP contribution in [0.1, 0.15) is 15.9 Å². The lowest BCUT2D eigenvalue weighted by Crippen LogP contribution is -2.33. The second-order valence-corrected chi connectivity index (χ2v) is 14.8. The third-order valence-electron chi connectivity index (χ3n) is 4.61. The Kier molecular flexibility index (Phi) is 10.7. The average molecular weight is 621 g/mol. The number of benzodiazepines with no additional fused rings is 1. The van der Waals surface area contributed by atoms with E-state index in [2.05, 4.69) is 44.0 Å². The Labute approximate surface area is 230 Å². The number of hydrogen-bond acceptors (Lipinski definition) is 5. The fourth-order valence-electron chi connectivity index (χ4n) is 2.92. The molecule has 0 radical (unpaired) electrons. The van der Waals surface area contributed by atoms with E-state index in [1.54, 1.807) is 50.5 Å². The Morgan fingerprint density at radius 2 is 1.29 bits per heavy atom. The van der Waals surface area contributed by atoms with Crippen molar-refractivity contribution >= 4 is 108 Å². The Balaban J connectivity index is 0.000000208. The average Bonchev–Trinajstić information content (AvgIpc) is 2.94. The molecule has 1 N–H and O–H groups in total. The number of fused-ring (bicyclic) bond motifs is 2. The van der Waals surface area contributed by atoms with Crippen molar-refractivity contribution in [2.45, 2.75) is 0 Å². The standard InChI is InChI=1S/C10H8Cl2N2O.C10H9ClN2O2.Cl3OP/c1-14-8-3-2-6(11)4-7(8)10(12)13-5-9(14)15;1-13-8-3-2-6(11)4-7(8)10(15)12-5-9(13)14;1-5(2,3)4/h2-4H,5H2,1H3;2-4H,5H2,1H3,(H,12,15);. The molecule has 188 valence electrons. The van der Waals surface area contributed by atoms with Crippen LogP contribution in [-0.4, -0.2) is 50.1 Å². The van der Waals surface area contributed by atoms with Crippen LogP contribution in [0.25, 0.3) is 0 Å². The number of nitrogens with zero attached hydrogens (tertiary/aromatic N) is 3. The van der Waals surface area contributed by atoms with Crippen LogP contribution in [0.15, 0.2) is 41.4 Å². The second kappa shape index (κ2) is 12.6. The Morgan fingerprint density at radius 1 is 0.829 bits per heavy atom. The van der Waals surface area contributed by atoms with Crippen molar-refractivity contribution in [1.82, 2.24) is 5.32 Å². The van der Waals surface area contributed by atoms with Gasteiger partial charge in [-0.25, -0.2) is 0 Å². The summed E-state index contributed by atoms with van der Waals surface area (Å²) in [6.07, 6.45) is 0. The molecule has 0 aliphatic carbocycles. The van der Waals surface area contributed by atoms with Gasteiger partial charge in [-0.2, -0.15) is 0 Å². The summed E-state index contributed by atoms with van der Waals surface area (Å²) in [6.45, 7) is 0.0866. The maximum absolute atomic E-state index is 11.6. The highest BCUT2D eigenvalue weighted by Crippen LogP contribution is 2.61. The fraction of sp³-hybridized carbons (Fsp3) is 0.200. The van der Waals surface area contributed by atoms with Gasteiger partial charge in [-0.3, -0.25) is 23.9 Å². The van der Waals surface area contributed by atoms with Gasteiger partial charge in [0.05, 0.1) is 23.5 Å².